The van der Waals surface area contributed by atoms with Crippen molar-refractivity contribution in [2.24, 2.45) is 5.41 Å². The third-order valence-electron chi connectivity index (χ3n) is 3.21. The van der Waals surface area contributed by atoms with Gasteiger partial charge in [0.25, 0.3) is 5.91 Å². The van der Waals surface area contributed by atoms with Gasteiger partial charge in [0.2, 0.25) is 0 Å². The number of rotatable bonds is 2. The van der Waals surface area contributed by atoms with Crippen LogP contribution in [0.1, 0.15) is 23.7 Å². The maximum atomic E-state index is 12.1. The van der Waals surface area contributed by atoms with Crippen LogP contribution in [0.3, 0.4) is 0 Å². The minimum Gasteiger partial charge on any atom is -0.469 e. The molecule has 5 heteroatoms. The van der Waals surface area contributed by atoms with Crippen LogP contribution in [0, 0.1) is 5.41 Å². The second-order valence-electron chi connectivity index (χ2n) is 4.54. The van der Waals surface area contributed by atoms with Crippen molar-refractivity contribution in [3.05, 3.63) is 22.4 Å². The van der Waals surface area contributed by atoms with Crippen LogP contribution in [-0.4, -0.2) is 37.0 Å². The zero-order chi connectivity index (χ0) is 12.5. The molecule has 0 bridgehead atoms. The van der Waals surface area contributed by atoms with Crippen LogP contribution >= 0.6 is 11.3 Å². The first kappa shape index (κ1) is 12.1. The summed E-state index contributed by atoms with van der Waals surface area (Å²) in [6.07, 6.45) is 0.662. The smallest absolute Gasteiger partial charge is 0.313 e. The average Bonchev–Trinajstić information content (AvgIpc) is 2.96. The summed E-state index contributed by atoms with van der Waals surface area (Å²) < 4.78 is 4.78. The Kier molecular flexibility index (Phi) is 3.19. The predicted octanol–water partition coefficient (Wildman–Crippen LogP) is 1.77. The molecular weight excluding hydrogens is 238 g/mol. The van der Waals surface area contributed by atoms with Crippen molar-refractivity contribution in [1.82, 2.24) is 4.90 Å². The van der Waals surface area contributed by atoms with Gasteiger partial charge in [-0.15, -0.1) is 0 Å². The van der Waals surface area contributed by atoms with E-state index in [0.29, 0.717) is 25.1 Å². The van der Waals surface area contributed by atoms with Crippen LogP contribution in [0.5, 0.6) is 0 Å². The van der Waals surface area contributed by atoms with Crippen molar-refractivity contribution in [1.29, 1.82) is 0 Å². The molecule has 1 amide bonds. The third kappa shape index (κ3) is 2.20. The Labute approximate surface area is 104 Å². The number of ether oxygens (including phenoxy) is 1. The van der Waals surface area contributed by atoms with E-state index in [1.165, 1.54) is 18.4 Å². The first-order valence-corrected chi connectivity index (χ1v) is 6.41. The number of nitrogens with zero attached hydrogens (tertiary/aromatic N) is 1. The molecule has 1 atom stereocenters. The summed E-state index contributed by atoms with van der Waals surface area (Å²) in [6.45, 7) is 2.90. The third-order valence-corrected chi connectivity index (χ3v) is 3.89. The number of likely N-dealkylation sites (tertiary alicyclic amines) is 1. The molecule has 92 valence electrons. The van der Waals surface area contributed by atoms with Gasteiger partial charge in [0.1, 0.15) is 0 Å². The Balaban J connectivity index is 2.08. The van der Waals surface area contributed by atoms with Gasteiger partial charge in [0.05, 0.1) is 18.1 Å². The number of hydrogen-bond acceptors (Lipinski definition) is 4. The lowest BCUT2D eigenvalue weighted by molar-refractivity contribution is -0.150. The molecular formula is C12H15NO3S. The number of carbonyl (C=O) groups excluding carboxylic acids is 2. The minimum absolute atomic E-state index is 0.00104. The van der Waals surface area contributed by atoms with Gasteiger partial charge >= 0.3 is 5.97 Å². The number of thiophene rings is 1. The van der Waals surface area contributed by atoms with Crippen molar-refractivity contribution in [3.8, 4) is 0 Å². The first-order chi connectivity index (χ1) is 8.07. The summed E-state index contributed by atoms with van der Waals surface area (Å²) in [5.74, 6) is -0.239. The normalized spacial score (nSPS) is 23.8. The number of methoxy groups -OCH3 is 1. The number of esters is 1. The van der Waals surface area contributed by atoms with E-state index in [2.05, 4.69) is 0 Å². The summed E-state index contributed by atoms with van der Waals surface area (Å²) in [4.78, 5) is 25.4. The molecule has 0 aromatic carbocycles. The van der Waals surface area contributed by atoms with Gasteiger partial charge in [-0.25, -0.2) is 0 Å². The van der Waals surface area contributed by atoms with Gasteiger partial charge in [-0.2, -0.15) is 11.3 Å². The van der Waals surface area contributed by atoms with Gasteiger partial charge in [0.15, 0.2) is 0 Å². The highest BCUT2D eigenvalue weighted by Gasteiger charge is 2.43. The van der Waals surface area contributed by atoms with Crippen LogP contribution in [-0.2, 0) is 9.53 Å². The molecule has 17 heavy (non-hydrogen) atoms. The molecule has 1 aliphatic heterocycles. The summed E-state index contributed by atoms with van der Waals surface area (Å²) in [7, 11) is 1.39. The molecule has 1 saturated heterocycles. The highest BCUT2D eigenvalue weighted by atomic mass is 32.1. The van der Waals surface area contributed by atoms with Crippen molar-refractivity contribution in [2.45, 2.75) is 13.3 Å². The van der Waals surface area contributed by atoms with E-state index in [-0.39, 0.29) is 11.9 Å². The second kappa shape index (κ2) is 4.49. The quantitative estimate of drug-likeness (QED) is 0.755. The Bertz CT molecular complexity index is 429. The minimum atomic E-state index is -0.555. The molecule has 2 rings (SSSR count). The van der Waals surface area contributed by atoms with Gasteiger partial charge in [0, 0.05) is 18.5 Å². The molecule has 4 nitrogen and oxygen atoms in total. The lowest BCUT2D eigenvalue weighted by Gasteiger charge is -2.21. The first-order valence-electron chi connectivity index (χ1n) is 5.47. The van der Waals surface area contributed by atoms with Crippen LogP contribution in [0.15, 0.2) is 16.8 Å². The fourth-order valence-corrected chi connectivity index (χ4v) is 2.75. The lowest BCUT2D eigenvalue weighted by atomic mass is 9.90. The maximum absolute atomic E-state index is 12.1. The fraction of sp³-hybridized carbons (Fsp3) is 0.500. The van der Waals surface area contributed by atoms with Crippen LogP contribution < -0.4 is 0 Å². The predicted molar refractivity (Wildman–Crippen MR) is 65.0 cm³/mol. The SMILES string of the molecule is COC(=O)C1(C)CCN(C(=O)c2ccsc2)C1. The molecule has 0 aliphatic carbocycles. The summed E-state index contributed by atoms with van der Waals surface area (Å²) in [6, 6.07) is 1.81. The summed E-state index contributed by atoms with van der Waals surface area (Å²) in [5.41, 5.74) is 0.143. The Morgan fingerprint density at radius 1 is 1.53 bits per heavy atom. The zero-order valence-corrected chi connectivity index (χ0v) is 10.8. The standard InChI is InChI=1S/C12H15NO3S/c1-12(11(15)16-2)4-5-13(8-12)10(14)9-3-6-17-7-9/h3,6-7H,4-5,8H2,1-2H3. The Morgan fingerprint density at radius 3 is 2.88 bits per heavy atom. The van der Waals surface area contributed by atoms with E-state index in [1.807, 2.05) is 17.7 Å². The van der Waals surface area contributed by atoms with Gasteiger partial charge in [-0.1, -0.05) is 0 Å². The van der Waals surface area contributed by atoms with E-state index < -0.39 is 5.41 Å². The average molecular weight is 253 g/mol. The Morgan fingerprint density at radius 2 is 2.29 bits per heavy atom. The maximum Gasteiger partial charge on any atom is 0.313 e. The van der Waals surface area contributed by atoms with E-state index in [4.69, 9.17) is 4.74 Å². The fourth-order valence-electron chi connectivity index (χ4n) is 2.12. The highest BCUT2D eigenvalue weighted by Crippen LogP contribution is 2.32. The van der Waals surface area contributed by atoms with Gasteiger partial charge < -0.3 is 9.64 Å². The van der Waals surface area contributed by atoms with Crippen molar-refractivity contribution in [2.75, 3.05) is 20.2 Å². The summed E-state index contributed by atoms with van der Waals surface area (Å²) >= 11 is 1.50. The monoisotopic (exact) mass is 253 g/mol. The lowest BCUT2D eigenvalue weighted by Crippen LogP contribution is -2.35. The molecule has 0 saturated carbocycles. The van der Waals surface area contributed by atoms with Crippen molar-refractivity contribution in [3.63, 3.8) is 0 Å². The molecule has 1 unspecified atom stereocenters. The number of amides is 1. The van der Waals surface area contributed by atoms with E-state index >= 15 is 0 Å². The van der Waals surface area contributed by atoms with Crippen molar-refractivity contribution < 1.29 is 14.3 Å². The van der Waals surface area contributed by atoms with Crippen LogP contribution in [0.2, 0.25) is 0 Å². The van der Waals surface area contributed by atoms with Gasteiger partial charge in [-0.3, -0.25) is 9.59 Å². The molecule has 0 N–H and O–H groups in total. The number of hydrogen-bond donors (Lipinski definition) is 0. The molecule has 2 heterocycles. The second-order valence-corrected chi connectivity index (χ2v) is 5.32. The molecule has 1 aromatic rings. The molecule has 1 aliphatic rings. The molecule has 1 fully saturated rings. The molecule has 0 radical (unpaired) electrons. The topological polar surface area (TPSA) is 46.6 Å². The number of carbonyl (C=O) groups is 2. The summed E-state index contributed by atoms with van der Waals surface area (Å²) in [5, 5.41) is 3.71. The van der Waals surface area contributed by atoms with Crippen molar-refractivity contribution >= 4 is 23.2 Å². The van der Waals surface area contributed by atoms with E-state index in [9.17, 15) is 9.59 Å². The van der Waals surface area contributed by atoms with Gasteiger partial charge in [-0.05, 0) is 24.8 Å². The van der Waals surface area contributed by atoms with E-state index in [1.54, 1.807) is 11.0 Å². The van der Waals surface area contributed by atoms with Crippen LogP contribution in [0.4, 0.5) is 0 Å². The zero-order valence-electron chi connectivity index (χ0n) is 9.93. The molecule has 1 aromatic heterocycles. The highest BCUT2D eigenvalue weighted by molar-refractivity contribution is 7.08. The Hall–Kier alpha value is -1.36. The van der Waals surface area contributed by atoms with Crippen LogP contribution in [0.25, 0.3) is 0 Å². The van der Waals surface area contributed by atoms with E-state index in [0.717, 1.165) is 0 Å². The largest absolute Gasteiger partial charge is 0.469 e. The molecule has 0 spiro atoms.